The summed E-state index contributed by atoms with van der Waals surface area (Å²) in [7, 11) is 0. The van der Waals surface area contributed by atoms with Gasteiger partial charge >= 0.3 is 0 Å². The number of allylic oxidation sites excluding steroid dienone is 1. The number of hydrogen-bond donors (Lipinski definition) is 1. The van der Waals surface area contributed by atoms with Crippen LogP contribution in [0.5, 0.6) is 0 Å². The molecule has 0 bridgehead atoms. The molecule has 1 aromatic carbocycles. The number of aromatic amines is 1. The van der Waals surface area contributed by atoms with Crippen molar-refractivity contribution in [3.05, 3.63) is 46.5 Å². The van der Waals surface area contributed by atoms with Gasteiger partial charge in [0, 0.05) is 11.3 Å². The molecule has 0 fully saturated rings. The molecule has 1 aliphatic carbocycles. The summed E-state index contributed by atoms with van der Waals surface area (Å²) in [6.45, 7) is 4.28. The average Bonchev–Trinajstić information content (AvgIpc) is 2.82. The summed E-state index contributed by atoms with van der Waals surface area (Å²) in [4.78, 5) is 7.78. The van der Waals surface area contributed by atoms with E-state index >= 15 is 0 Å². The molecule has 0 amide bonds. The van der Waals surface area contributed by atoms with Crippen molar-refractivity contribution in [3.8, 4) is 17.5 Å². The Labute approximate surface area is 116 Å². The maximum Gasteiger partial charge on any atom is 0.141 e. The van der Waals surface area contributed by atoms with Gasteiger partial charge in [-0.1, -0.05) is 12.5 Å². The fourth-order valence-electron chi connectivity index (χ4n) is 2.41. The zero-order chi connectivity index (χ0) is 14.3. The van der Waals surface area contributed by atoms with E-state index in [0.29, 0.717) is 17.3 Å². The minimum atomic E-state index is -0.514. The van der Waals surface area contributed by atoms with Gasteiger partial charge in [0.05, 0.1) is 11.3 Å². The van der Waals surface area contributed by atoms with Gasteiger partial charge in [0.1, 0.15) is 17.7 Å². The number of aromatic nitrogens is 2. The van der Waals surface area contributed by atoms with Gasteiger partial charge in [-0.05, 0) is 43.5 Å². The smallest absolute Gasteiger partial charge is 0.141 e. The van der Waals surface area contributed by atoms with Crippen LogP contribution in [0.15, 0.2) is 23.8 Å². The van der Waals surface area contributed by atoms with E-state index in [-0.39, 0.29) is 5.56 Å². The summed E-state index contributed by atoms with van der Waals surface area (Å²) in [5.74, 6) is 0.629. The van der Waals surface area contributed by atoms with E-state index in [9.17, 15) is 4.39 Å². The van der Waals surface area contributed by atoms with Gasteiger partial charge in [-0.3, -0.25) is 0 Å². The molecular weight excluding hydrogens is 253 g/mol. The Hall–Kier alpha value is -2.41. The SMILES string of the molecule is CC1=Cc2nc(-c3ccc(C#N)c(F)c3)[nH]c2CC1C. The van der Waals surface area contributed by atoms with Crippen LogP contribution in [0.25, 0.3) is 17.5 Å². The lowest BCUT2D eigenvalue weighted by Gasteiger charge is -2.16. The Bertz CT molecular complexity index is 750. The number of benzene rings is 1. The topological polar surface area (TPSA) is 52.5 Å². The Morgan fingerprint density at radius 2 is 2.25 bits per heavy atom. The van der Waals surface area contributed by atoms with E-state index < -0.39 is 5.82 Å². The predicted octanol–water partition coefficient (Wildman–Crippen LogP) is 3.68. The van der Waals surface area contributed by atoms with Gasteiger partial charge in [-0.2, -0.15) is 5.26 Å². The molecule has 0 radical (unpaired) electrons. The van der Waals surface area contributed by atoms with E-state index in [4.69, 9.17) is 5.26 Å². The van der Waals surface area contributed by atoms with E-state index in [1.165, 1.54) is 17.7 Å². The number of nitrogens with one attached hydrogen (secondary N) is 1. The zero-order valence-corrected chi connectivity index (χ0v) is 11.4. The number of nitriles is 1. The molecule has 0 spiro atoms. The van der Waals surface area contributed by atoms with Crippen molar-refractivity contribution in [2.45, 2.75) is 20.3 Å². The quantitative estimate of drug-likeness (QED) is 0.856. The maximum atomic E-state index is 13.7. The summed E-state index contributed by atoms with van der Waals surface area (Å²) in [5, 5.41) is 8.75. The molecule has 2 aromatic rings. The molecule has 1 aliphatic rings. The molecule has 3 nitrogen and oxygen atoms in total. The highest BCUT2D eigenvalue weighted by Crippen LogP contribution is 2.29. The van der Waals surface area contributed by atoms with Crippen molar-refractivity contribution in [1.82, 2.24) is 9.97 Å². The second-order valence-corrected chi connectivity index (χ2v) is 5.25. The van der Waals surface area contributed by atoms with Crippen molar-refractivity contribution in [1.29, 1.82) is 5.26 Å². The minimum absolute atomic E-state index is 0.0504. The lowest BCUT2D eigenvalue weighted by molar-refractivity contribution is 0.624. The third-order valence-corrected chi connectivity index (χ3v) is 3.83. The molecule has 0 saturated heterocycles. The van der Waals surface area contributed by atoms with Crippen LogP contribution in [0.3, 0.4) is 0 Å². The van der Waals surface area contributed by atoms with E-state index in [1.54, 1.807) is 6.07 Å². The molecule has 0 aliphatic heterocycles. The second kappa shape index (κ2) is 4.61. The Morgan fingerprint density at radius 1 is 1.45 bits per heavy atom. The van der Waals surface area contributed by atoms with Gasteiger partial charge in [-0.25, -0.2) is 9.37 Å². The zero-order valence-electron chi connectivity index (χ0n) is 11.4. The molecule has 1 atom stereocenters. The normalized spacial score (nSPS) is 17.3. The lowest BCUT2D eigenvalue weighted by atomic mass is 9.91. The standard InChI is InChI=1S/C16H14FN3/c1-9-5-14-15(6-10(9)2)20-16(19-14)11-3-4-12(8-18)13(17)7-11/h3-5,7,10H,6H2,1-2H3,(H,19,20). The van der Waals surface area contributed by atoms with Crippen LogP contribution in [-0.2, 0) is 6.42 Å². The van der Waals surface area contributed by atoms with Crippen LogP contribution in [0.4, 0.5) is 4.39 Å². The number of halogens is 1. The van der Waals surface area contributed by atoms with Gasteiger partial charge in [0.2, 0.25) is 0 Å². The van der Waals surface area contributed by atoms with Crippen LogP contribution in [-0.4, -0.2) is 9.97 Å². The molecule has 1 aromatic heterocycles. The summed E-state index contributed by atoms with van der Waals surface area (Å²) >= 11 is 0. The first kappa shape index (κ1) is 12.6. The molecule has 0 saturated carbocycles. The number of imidazole rings is 1. The fraction of sp³-hybridized carbons (Fsp3) is 0.250. The Morgan fingerprint density at radius 3 is 2.95 bits per heavy atom. The largest absolute Gasteiger partial charge is 0.341 e. The third-order valence-electron chi connectivity index (χ3n) is 3.83. The molecule has 100 valence electrons. The van der Waals surface area contributed by atoms with Gasteiger partial charge in [0.25, 0.3) is 0 Å². The monoisotopic (exact) mass is 267 g/mol. The highest BCUT2D eigenvalue weighted by molar-refractivity contribution is 5.63. The van der Waals surface area contributed by atoms with E-state index in [0.717, 1.165) is 17.8 Å². The summed E-state index contributed by atoms with van der Waals surface area (Å²) < 4.78 is 13.7. The number of rotatable bonds is 1. The van der Waals surface area contributed by atoms with Crippen molar-refractivity contribution >= 4 is 6.08 Å². The minimum Gasteiger partial charge on any atom is -0.341 e. The first-order chi connectivity index (χ1) is 9.58. The number of fused-ring (bicyclic) bond motifs is 1. The number of H-pyrrole nitrogens is 1. The van der Waals surface area contributed by atoms with Gasteiger partial charge in [0.15, 0.2) is 0 Å². The van der Waals surface area contributed by atoms with Crippen molar-refractivity contribution in [3.63, 3.8) is 0 Å². The predicted molar refractivity (Wildman–Crippen MR) is 75.2 cm³/mol. The lowest BCUT2D eigenvalue weighted by Crippen LogP contribution is -2.07. The fourth-order valence-corrected chi connectivity index (χ4v) is 2.41. The van der Waals surface area contributed by atoms with Crippen molar-refractivity contribution in [2.24, 2.45) is 5.92 Å². The summed E-state index contributed by atoms with van der Waals surface area (Å²) in [5.41, 5.74) is 4.04. The molecule has 1 heterocycles. The van der Waals surface area contributed by atoms with Crippen LogP contribution < -0.4 is 0 Å². The Balaban J connectivity index is 2.03. The summed E-state index contributed by atoms with van der Waals surface area (Å²) in [6.07, 6.45) is 2.99. The molecule has 20 heavy (non-hydrogen) atoms. The third kappa shape index (κ3) is 2.01. The highest BCUT2D eigenvalue weighted by Gasteiger charge is 2.19. The van der Waals surface area contributed by atoms with Crippen LogP contribution in [0, 0.1) is 23.1 Å². The van der Waals surface area contributed by atoms with Crippen LogP contribution in [0.1, 0.15) is 30.8 Å². The van der Waals surface area contributed by atoms with Gasteiger partial charge in [-0.15, -0.1) is 0 Å². The van der Waals surface area contributed by atoms with E-state index in [2.05, 4.69) is 29.9 Å². The second-order valence-electron chi connectivity index (χ2n) is 5.25. The average molecular weight is 267 g/mol. The van der Waals surface area contributed by atoms with Crippen molar-refractivity contribution in [2.75, 3.05) is 0 Å². The highest BCUT2D eigenvalue weighted by atomic mass is 19.1. The van der Waals surface area contributed by atoms with Crippen molar-refractivity contribution < 1.29 is 4.39 Å². The number of nitrogens with zero attached hydrogens (tertiary/aromatic N) is 2. The van der Waals surface area contributed by atoms with Crippen LogP contribution >= 0.6 is 0 Å². The van der Waals surface area contributed by atoms with Crippen LogP contribution in [0.2, 0.25) is 0 Å². The molecule has 1 unspecified atom stereocenters. The van der Waals surface area contributed by atoms with E-state index in [1.807, 2.05) is 6.07 Å². The number of hydrogen-bond acceptors (Lipinski definition) is 2. The van der Waals surface area contributed by atoms with Gasteiger partial charge < -0.3 is 4.98 Å². The first-order valence-electron chi connectivity index (χ1n) is 6.55. The molecule has 1 N–H and O–H groups in total. The summed E-state index contributed by atoms with van der Waals surface area (Å²) in [6, 6.07) is 6.37. The molecule has 4 heteroatoms. The Kier molecular flexibility index (Phi) is 2.90. The molecular formula is C16H14FN3. The first-order valence-corrected chi connectivity index (χ1v) is 6.55. The molecule has 3 rings (SSSR count). The maximum absolute atomic E-state index is 13.7.